The fraction of sp³-hybridized carbons (Fsp3) is 0.486. The van der Waals surface area contributed by atoms with Crippen LogP contribution in [0.15, 0.2) is 73.1 Å². The summed E-state index contributed by atoms with van der Waals surface area (Å²) in [5.74, 6) is 0.210. The van der Waals surface area contributed by atoms with Gasteiger partial charge in [0.05, 0.1) is 18.2 Å². The molecule has 0 saturated heterocycles. The Balaban J connectivity index is 0.00000705. The first-order valence-electron chi connectivity index (χ1n) is 16.4. The fourth-order valence-electron chi connectivity index (χ4n) is 5.04. The maximum Gasteiger partial charge on any atom is 0.417 e. The van der Waals surface area contributed by atoms with Crippen LogP contribution in [0.3, 0.4) is 0 Å². The molecular weight excluding hydrogens is 699 g/mol. The summed E-state index contributed by atoms with van der Waals surface area (Å²) in [6.07, 6.45) is 18.7. The number of carbonyl (C=O) groups excluding carboxylic acids is 2. The Kier molecular flexibility index (Phi) is 19.5. The van der Waals surface area contributed by atoms with Gasteiger partial charge in [0.25, 0.3) is 5.91 Å². The number of ether oxygens (including phenoxy) is 2. The Labute approximate surface area is 292 Å². The molecule has 2 aromatic carbocycles. The standard InChI is InChI=1S/C37H50ClN2O4.HI/c1-3-5-6-7-8-9-10-11-12-13-14-18-27-43-35-22-21-32(28-34(35)38)30-44-37(42)40(36(41)33-19-16-15-17-20-33)29-31-23-25-39(4-2)26-24-31;/h15-17,19-26,28H,3-14,18,27,29-30H2,1-2H3;1H/q+1;/p-1. The van der Waals surface area contributed by atoms with Gasteiger partial charge in [-0.15, -0.1) is 0 Å². The van der Waals surface area contributed by atoms with Crippen LogP contribution in [0.1, 0.15) is 112 Å². The van der Waals surface area contributed by atoms with Crippen LogP contribution in [-0.2, 0) is 24.4 Å². The first-order valence-corrected chi connectivity index (χ1v) is 16.8. The van der Waals surface area contributed by atoms with Gasteiger partial charge in [0.1, 0.15) is 18.9 Å². The molecule has 246 valence electrons. The molecule has 8 heteroatoms. The zero-order chi connectivity index (χ0) is 31.4. The molecular formula is C37H50ClIN2O4. The number of unbranched alkanes of at least 4 members (excludes halogenated alkanes) is 11. The van der Waals surface area contributed by atoms with E-state index in [2.05, 4.69) is 6.92 Å². The highest BCUT2D eigenvalue weighted by atomic mass is 127. The monoisotopic (exact) mass is 748 g/mol. The van der Waals surface area contributed by atoms with Crippen molar-refractivity contribution in [2.45, 2.75) is 111 Å². The van der Waals surface area contributed by atoms with Crippen molar-refractivity contribution in [2.75, 3.05) is 6.61 Å². The van der Waals surface area contributed by atoms with Crippen molar-refractivity contribution in [3.05, 3.63) is 94.8 Å². The molecule has 0 radical (unpaired) electrons. The lowest BCUT2D eigenvalue weighted by atomic mass is 10.1. The number of nitrogens with zero attached hydrogens (tertiary/aromatic N) is 2. The third-order valence-corrected chi connectivity index (χ3v) is 8.06. The summed E-state index contributed by atoms with van der Waals surface area (Å²) in [6.45, 7) is 5.86. The zero-order valence-electron chi connectivity index (χ0n) is 27.0. The molecule has 0 bridgehead atoms. The summed E-state index contributed by atoms with van der Waals surface area (Å²) in [5.41, 5.74) is 1.97. The van der Waals surface area contributed by atoms with E-state index in [9.17, 15) is 9.59 Å². The van der Waals surface area contributed by atoms with Crippen molar-refractivity contribution < 1.29 is 47.6 Å². The molecule has 0 spiro atoms. The number of benzene rings is 2. The minimum absolute atomic E-state index is 0. The van der Waals surface area contributed by atoms with Gasteiger partial charge in [-0.2, -0.15) is 0 Å². The molecule has 45 heavy (non-hydrogen) atoms. The zero-order valence-corrected chi connectivity index (χ0v) is 29.9. The predicted molar refractivity (Wildman–Crippen MR) is 177 cm³/mol. The van der Waals surface area contributed by atoms with Gasteiger partial charge in [-0.3, -0.25) is 4.79 Å². The van der Waals surface area contributed by atoms with E-state index in [0.29, 0.717) is 22.9 Å². The molecule has 0 aliphatic heterocycles. The van der Waals surface area contributed by atoms with Crippen molar-refractivity contribution in [3.8, 4) is 5.75 Å². The first-order chi connectivity index (χ1) is 21.5. The van der Waals surface area contributed by atoms with Gasteiger partial charge in [-0.25, -0.2) is 14.3 Å². The summed E-state index contributed by atoms with van der Waals surface area (Å²) < 4.78 is 13.5. The molecule has 0 unspecified atom stereocenters. The lowest BCUT2D eigenvalue weighted by Crippen LogP contribution is -3.00. The lowest BCUT2D eigenvalue weighted by Gasteiger charge is -2.20. The second-order valence-corrected chi connectivity index (χ2v) is 11.8. The van der Waals surface area contributed by atoms with Gasteiger partial charge in [-0.05, 0) is 48.7 Å². The second-order valence-electron chi connectivity index (χ2n) is 11.4. The predicted octanol–water partition coefficient (Wildman–Crippen LogP) is 6.71. The number of rotatable bonds is 20. The van der Waals surface area contributed by atoms with Crippen molar-refractivity contribution in [3.63, 3.8) is 0 Å². The maximum atomic E-state index is 13.3. The van der Waals surface area contributed by atoms with Crippen LogP contribution in [0.25, 0.3) is 0 Å². The third kappa shape index (κ3) is 14.5. The molecule has 0 aliphatic rings. The highest BCUT2D eigenvalue weighted by Gasteiger charge is 2.25. The number of amides is 2. The number of imide groups is 1. The number of pyridine rings is 1. The molecule has 0 N–H and O–H groups in total. The average Bonchev–Trinajstić information content (AvgIpc) is 3.05. The topological polar surface area (TPSA) is 59.7 Å². The molecule has 0 fully saturated rings. The Bertz CT molecular complexity index is 1260. The van der Waals surface area contributed by atoms with Crippen LogP contribution in [0.2, 0.25) is 5.02 Å². The summed E-state index contributed by atoms with van der Waals surface area (Å²) in [7, 11) is 0. The molecule has 0 atom stereocenters. The van der Waals surface area contributed by atoms with Crippen molar-refractivity contribution in [2.24, 2.45) is 0 Å². The molecule has 3 rings (SSSR count). The quantitative estimate of drug-likeness (QED) is 0.0733. The minimum atomic E-state index is -0.713. The van der Waals surface area contributed by atoms with Gasteiger partial charge in [0.15, 0.2) is 12.4 Å². The number of halogens is 2. The summed E-state index contributed by atoms with van der Waals surface area (Å²) in [6, 6.07) is 17.9. The van der Waals surface area contributed by atoms with Crippen LogP contribution in [0, 0.1) is 0 Å². The number of aryl methyl sites for hydroxylation is 1. The molecule has 0 aliphatic carbocycles. The van der Waals surface area contributed by atoms with Crippen LogP contribution in [0.5, 0.6) is 5.75 Å². The highest BCUT2D eigenvalue weighted by Crippen LogP contribution is 2.26. The molecule has 6 nitrogen and oxygen atoms in total. The van der Waals surface area contributed by atoms with Crippen LogP contribution in [0.4, 0.5) is 4.79 Å². The highest BCUT2D eigenvalue weighted by molar-refractivity contribution is 6.32. The van der Waals surface area contributed by atoms with Crippen LogP contribution in [-0.4, -0.2) is 23.5 Å². The van der Waals surface area contributed by atoms with Crippen molar-refractivity contribution in [1.82, 2.24) is 4.90 Å². The lowest BCUT2D eigenvalue weighted by molar-refractivity contribution is -0.693. The van der Waals surface area contributed by atoms with Gasteiger partial charge in [0.2, 0.25) is 0 Å². The maximum absolute atomic E-state index is 13.3. The Morgan fingerprint density at radius 2 is 1.36 bits per heavy atom. The van der Waals surface area contributed by atoms with Gasteiger partial charge in [0, 0.05) is 17.7 Å². The molecule has 1 heterocycles. The third-order valence-electron chi connectivity index (χ3n) is 7.77. The number of aromatic nitrogens is 1. The largest absolute Gasteiger partial charge is 1.00 e. The van der Waals surface area contributed by atoms with Crippen LogP contribution < -0.4 is 33.3 Å². The van der Waals surface area contributed by atoms with E-state index in [1.165, 1.54) is 64.2 Å². The van der Waals surface area contributed by atoms with E-state index >= 15 is 0 Å². The normalized spacial score (nSPS) is 10.6. The smallest absolute Gasteiger partial charge is 0.417 e. The Hall–Kier alpha value is -2.65. The number of hydrogen-bond donors (Lipinski definition) is 0. The minimum Gasteiger partial charge on any atom is -1.00 e. The second kappa shape index (κ2) is 22.8. The number of hydrogen-bond acceptors (Lipinski definition) is 4. The van der Waals surface area contributed by atoms with E-state index < -0.39 is 12.0 Å². The Morgan fingerprint density at radius 3 is 1.93 bits per heavy atom. The fourth-order valence-corrected chi connectivity index (χ4v) is 5.30. The van der Waals surface area contributed by atoms with Gasteiger partial charge in [-0.1, -0.05) is 113 Å². The van der Waals surface area contributed by atoms with Crippen molar-refractivity contribution in [1.29, 1.82) is 0 Å². The van der Waals surface area contributed by atoms with E-state index in [4.69, 9.17) is 21.1 Å². The number of carbonyl (C=O) groups is 2. The summed E-state index contributed by atoms with van der Waals surface area (Å²) in [4.78, 5) is 27.6. The molecule has 1 aromatic heterocycles. The first kappa shape index (κ1) is 38.5. The molecule has 3 aromatic rings. The average molecular weight is 749 g/mol. The van der Waals surface area contributed by atoms with E-state index in [1.807, 2.05) is 54.2 Å². The molecule has 0 saturated carbocycles. The molecule has 2 amide bonds. The summed E-state index contributed by atoms with van der Waals surface area (Å²) >= 11 is 6.49. The van der Waals surface area contributed by atoms with E-state index in [0.717, 1.165) is 35.4 Å². The van der Waals surface area contributed by atoms with Gasteiger partial charge < -0.3 is 33.5 Å². The van der Waals surface area contributed by atoms with E-state index in [-0.39, 0.29) is 37.1 Å². The van der Waals surface area contributed by atoms with Crippen molar-refractivity contribution >= 4 is 23.6 Å². The van der Waals surface area contributed by atoms with Gasteiger partial charge >= 0.3 is 6.09 Å². The summed E-state index contributed by atoms with van der Waals surface area (Å²) in [5, 5.41) is 0.475. The SMILES string of the molecule is CCCCCCCCCCCCCCOc1ccc(COC(=O)N(Cc2cc[n+](CC)cc2)C(=O)c2ccccc2)cc1Cl.[I-]. The van der Waals surface area contributed by atoms with E-state index in [1.54, 1.807) is 30.3 Å². The van der Waals surface area contributed by atoms with Crippen LogP contribution >= 0.6 is 11.6 Å². The Morgan fingerprint density at radius 1 is 0.756 bits per heavy atom.